The van der Waals surface area contributed by atoms with Crippen LogP contribution in [-0.2, 0) is 19.2 Å². The van der Waals surface area contributed by atoms with Gasteiger partial charge in [0.15, 0.2) is 6.23 Å². The van der Waals surface area contributed by atoms with Crippen LogP contribution in [0.3, 0.4) is 0 Å². The lowest BCUT2D eigenvalue weighted by molar-refractivity contribution is -0.330. The average molecular weight is 287 g/mol. The zero-order chi connectivity index (χ0) is 14.4. The Bertz CT molecular complexity index is 574. The van der Waals surface area contributed by atoms with E-state index in [4.69, 9.17) is 0 Å². The molecule has 5 nitrogen and oxygen atoms in total. The summed E-state index contributed by atoms with van der Waals surface area (Å²) in [6, 6.07) is 3.00. The number of ether oxygens (including phenoxy) is 1. The standard InChI is InChI=1S/C12H8F3NO4/c13-6-2-1-3-7(14)8(6)9(15)5-4-16-10(5)19-11(17)12(18)20-16/h1-3,5,9-10H,4H2. The maximum Gasteiger partial charge on any atom is 0.436 e. The van der Waals surface area contributed by atoms with Crippen molar-refractivity contribution in [2.75, 3.05) is 6.54 Å². The summed E-state index contributed by atoms with van der Waals surface area (Å²) in [4.78, 5) is 26.5. The molecule has 1 aromatic carbocycles. The number of carbonyl (C=O) groups is 2. The first-order valence-corrected chi connectivity index (χ1v) is 5.76. The van der Waals surface area contributed by atoms with E-state index in [1.54, 1.807) is 0 Å². The van der Waals surface area contributed by atoms with Crippen LogP contribution in [0.1, 0.15) is 11.7 Å². The van der Waals surface area contributed by atoms with Crippen LogP contribution in [0.25, 0.3) is 0 Å². The summed E-state index contributed by atoms with van der Waals surface area (Å²) < 4.78 is 45.9. The predicted octanol–water partition coefficient (Wildman–Crippen LogP) is 1.25. The van der Waals surface area contributed by atoms with Crippen LogP contribution in [0.15, 0.2) is 18.2 Å². The first kappa shape index (κ1) is 12.9. The molecule has 106 valence electrons. The third kappa shape index (κ3) is 1.83. The van der Waals surface area contributed by atoms with Crippen molar-refractivity contribution in [3.63, 3.8) is 0 Å². The van der Waals surface area contributed by atoms with Crippen LogP contribution < -0.4 is 0 Å². The highest BCUT2D eigenvalue weighted by Crippen LogP contribution is 2.41. The number of esters is 1. The Kier molecular flexibility index (Phi) is 2.89. The number of halogens is 3. The van der Waals surface area contributed by atoms with Gasteiger partial charge >= 0.3 is 11.9 Å². The molecule has 2 aliphatic heterocycles. The van der Waals surface area contributed by atoms with Gasteiger partial charge in [-0.1, -0.05) is 11.1 Å². The Balaban J connectivity index is 1.81. The number of rotatable bonds is 2. The number of carbonyl (C=O) groups excluding carboxylic acids is 2. The van der Waals surface area contributed by atoms with Gasteiger partial charge in [0.2, 0.25) is 0 Å². The minimum atomic E-state index is -2.01. The summed E-state index contributed by atoms with van der Waals surface area (Å²) >= 11 is 0. The number of hydroxylamine groups is 2. The molecular weight excluding hydrogens is 279 g/mol. The van der Waals surface area contributed by atoms with Gasteiger partial charge < -0.3 is 9.57 Å². The lowest BCUT2D eigenvalue weighted by Crippen LogP contribution is -2.63. The van der Waals surface area contributed by atoms with Crippen molar-refractivity contribution in [1.82, 2.24) is 5.06 Å². The van der Waals surface area contributed by atoms with E-state index in [0.29, 0.717) is 0 Å². The molecule has 2 aliphatic rings. The molecule has 0 saturated carbocycles. The van der Waals surface area contributed by atoms with Gasteiger partial charge in [0.05, 0.1) is 18.0 Å². The molecule has 0 N–H and O–H groups in total. The van der Waals surface area contributed by atoms with Crippen molar-refractivity contribution >= 4 is 11.9 Å². The highest BCUT2D eigenvalue weighted by atomic mass is 19.2. The predicted molar refractivity (Wildman–Crippen MR) is 56.4 cm³/mol. The molecular formula is C12H8F3NO4. The average Bonchev–Trinajstić information content (AvgIpc) is 2.37. The number of hydrogen-bond donors (Lipinski definition) is 0. The number of alkyl halides is 1. The summed E-state index contributed by atoms with van der Waals surface area (Å²) in [5.74, 6) is -5.49. The Morgan fingerprint density at radius 2 is 1.85 bits per heavy atom. The third-order valence-corrected chi connectivity index (χ3v) is 3.29. The molecule has 0 bridgehead atoms. The fourth-order valence-corrected chi connectivity index (χ4v) is 2.24. The van der Waals surface area contributed by atoms with Crippen LogP contribution >= 0.6 is 0 Å². The summed E-state index contributed by atoms with van der Waals surface area (Å²) in [6.07, 6.45) is -3.17. The van der Waals surface area contributed by atoms with Crippen molar-refractivity contribution < 1.29 is 32.3 Å². The van der Waals surface area contributed by atoms with E-state index in [1.165, 1.54) is 0 Å². The Morgan fingerprint density at radius 1 is 1.20 bits per heavy atom. The summed E-state index contributed by atoms with van der Waals surface area (Å²) in [5, 5.41) is 0.958. The van der Waals surface area contributed by atoms with E-state index >= 15 is 0 Å². The highest BCUT2D eigenvalue weighted by Gasteiger charge is 2.54. The second-order valence-corrected chi connectivity index (χ2v) is 4.48. The highest BCUT2D eigenvalue weighted by molar-refractivity contribution is 6.30. The molecule has 3 atom stereocenters. The number of benzene rings is 1. The molecule has 20 heavy (non-hydrogen) atoms. The zero-order valence-electron chi connectivity index (χ0n) is 9.89. The lowest BCUT2D eigenvalue weighted by atomic mass is 9.89. The van der Waals surface area contributed by atoms with Crippen LogP contribution in [0.5, 0.6) is 0 Å². The molecule has 2 saturated heterocycles. The number of fused-ring (bicyclic) bond motifs is 1. The van der Waals surface area contributed by atoms with Crippen LogP contribution in [0.2, 0.25) is 0 Å². The van der Waals surface area contributed by atoms with E-state index in [1.807, 2.05) is 0 Å². The Labute approximate surface area is 110 Å². The molecule has 0 amide bonds. The van der Waals surface area contributed by atoms with Crippen LogP contribution in [0.4, 0.5) is 13.2 Å². The van der Waals surface area contributed by atoms with E-state index in [-0.39, 0.29) is 6.54 Å². The van der Waals surface area contributed by atoms with E-state index in [2.05, 4.69) is 9.57 Å². The SMILES string of the molecule is O=C1OC2C(C(F)c3c(F)cccc3F)CN2OC1=O. The Morgan fingerprint density at radius 3 is 2.50 bits per heavy atom. The van der Waals surface area contributed by atoms with E-state index < -0.39 is 47.5 Å². The molecule has 8 heteroatoms. The fourth-order valence-electron chi connectivity index (χ4n) is 2.24. The first-order valence-electron chi connectivity index (χ1n) is 5.76. The second-order valence-electron chi connectivity index (χ2n) is 4.48. The van der Waals surface area contributed by atoms with Crippen molar-refractivity contribution in [3.05, 3.63) is 35.4 Å². The molecule has 0 aromatic heterocycles. The topological polar surface area (TPSA) is 55.8 Å². The van der Waals surface area contributed by atoms with Gasteiger partial charge in [-0.25, -0.2) is 22.8 Å². The van der Waals surface area contributed by atoms with Gasteiger partial charge in [-0.3, -0.25) is 0 Å². The maximum absolute atomic E-state index is 14.3. The quantitative estimate of drug-likeness (QED) is 0.605. The smallest absolute Gasteiger partial charge is 0.434 e. The fraction of sp³-hybridized carbons (Fsp3) is 0.333. The molecule has 0 radical (unpaired) electrons. The van der Waals surface area contributed by atoms with Gasteiger partial charge in [-0.15, -0.1) is 0 Å². The normalized spacial score (nSPS) is 27.1. The summed E-state index contributed by atoms with van der Waals surface area (Å²) in [6.45, 7) is -0.112. The minimum absolute atomic E-state index is 0.112. The largest absolute Gasteiger partial charge is 0.436 e. The number of nitrogens with zero attached hydrogens (tertiary/aromatic N) is 1. The summed E-state index contributed by atoms with van der Waals surface area (Å²) in [5.41, 5.74) is -0.718. The summed E-state index contributed by atoms with van der Waals surface area (Å²) in [7, 11) is 0. The van der Waals surface area contributed by atoms with Crippen LogP contribution in [0, 0.1) is 17.6 Å². The molecule has 1 aromatic rings. The van der Waals surface area contributed by atoms with Crippen molar-refractivity contribution in [2.45, 2.75) is 12.4 Å². The minimum Gasteiger partial charge on any atom is -0.434 e. The van der Waals surface area contributed by atoms with Gasteiger partial charge in [-0.2, -0.15) is 0 Å². The van der Waals surface area contributed by atoms with Gasteiger partial charge in [0.25, 0.3) is 0 Å². The van der Waals surface area contributed by atoms with Crippen molar-refractivity contribution in [2.24, 2.45) is 5.92 Å². The second kappa shape index (κ2) is 4.48. The molecule has 2 heterocycles. The van der Waals surface area contributed by atoms with Gasteiger partial charge in [0, 0.05) is 0 Å². The van der Waals surface area contributed by atoms with Crippen molar-refractivity contribution in [3.8, 4) is 0 Å². The lowest BCUT2D eigenvalue weighted by Gasteiger charge is -2.47. The third-order valence-electron chi connectivity index (χ3n) is 3.29. The molecule has 0 aliphatic carbocycles. The van der Waals surface area contributed by atoms with Gasteiger partial charge in [0.1, 0.15) is 17.8 Å². The maximum atomic E-state index is 14.3. The first-order chi connectivity index (χ1) is 9.49. The Hall–Kier alpha value is -2.09. The van der Waals surface area contributed by atoms with E-state index in [0.717, 1.165) is 23.3 Å². The van der Waals surface area contributed by atoms with E-state index in [9.17, 15) is 22.8 Å². The molecule has 2 fully saturated rings. The van der Waals surface area contributed by atoms with Crippen LogP contribution in [-0.4, -0.2) is 29.8 Å². The molecule has 0 spiro atoms. The zero-order valence-corrected chi connectivity index (χ0v) is 9.89. The number of hydrogen-bond acceptors (Lipinski definition) is 5. The molecule has 3 rings (SSSR count). The van der Waals surface area contributed by atoms with Crippen molar-refractivity contribution in [1.29, 1.82) is 0 Å². The molecule has 3 unspecified atom stereocenters. The monoisotopic (exact) mass is 287 g/mol. The van der Waals surface area contributed by atoms with Gasteiger partial charge in [-0.05, 0) is 12.1 Å².